The number of rotatable bonds is 6. The summed E-state index contributed by atoms with van der Waals surface area (Å²) in [6.07, 6.45) is 0.144. The topological polar surface area (TPSA) is 92.7 Å². The van der Waals surface area contributed by atoms with Crippen LogP contribution in [0.2, 0.25) is 0 Å². The highest BCUT2D eigenvalue weighted by Gasteiger charge is 2.20. The van der Waals surface area contributed by atoms with E-state index in [1.165, 1.54) is 25.1 Å². The van der Waals surface area contributed by atoms with E-state index in [1.807, 2.05) is 0 Å². The number of nitrogens with one attached hydrogen (secondary N) is 1. The zero-order valence-corrected chi connectivity index (χ0v) is 11.9. The minimum atomic E-state index is -1.14. The monoisotopic (exact) mass is 291 g/mol. The Labute approximate surface area is 122 Å². The Balaban J connectivity index is 2.84. The molecule has 0 radical (unpaired) electrons. The van der Waals surface area contributed by atoms with Gasteiger partial charge >= 0.3 is 11.9 Å². The Bertz CT molecular complexity index is 579. The number of hydrogen-bond acceptors (Lipinski definition) is 4. The number of carbonyl (C=O) groups is 3. The van der Waals surface area contributed by atoms with Crippen LogP contribution in [-0.2, 0) is 9.59 Å². The van der Waals surface area contributed by atoms with E-state index in [1.54, 1.807) is 13.0 Å². The van der Waals surface area contributed by atoms with Crippen LogP contribution in [0, 0.1) is 0 Å². The van der Waals surface area contributed by atoms with Crippen LogP contribution in [0.3, 0.4) is 0 Å². The number of hydrogen-bond donors (Lipinski definition) is 2. The van der Waals surface area contributed by atoms with E-state index < -0.39 is 23.9 Å². The molecule has 0 aliphatic carbocycles. The molecule has 0 unspecified atom stereocenters. The molecule has 6 heteroatoms. The van der Waals surface area contributed by atoms with Gasteiger partial charge in [-0.3, -0.25) is 9.59 Å². The minimum absolute atomic E-state index is 0.144. The zero-order valence-electron chi connectivity index (χ0n) is 11.9. The molecule has 0 aliphatic heterocycles. The lowest BCUT2D eigenvalue weighted by Crippen LogP contribution is -2.40. The van der Waals surface area contributed by atoms with Crippen molar-refractivity contribution in [1.29, 1.82) is 0 Å². The van der Waals surface area contributed by atoms with Crippen LogP contribution in [0.4, 0.5) is 0 Å². The van der Waals surface area contributed by atoms with Crippen molar-refractivity contribution in [3.8, 4) is 5.75 Å². The number of aliphatic carboxylic acids is 1. The van der Waals surface area contributed by atoms with Crippen LogP contribution >= 0.6 is 0 Å². The van der Waals surface area contributed by atoms with Crippen LogP contribution in [0.1, 0.15) is 30.6 Å². The first-order valence-electron chi connectivity index (χ1n) is 6.26. The number of benzene rings is 1. The zero-order chi connectivity index (χ0) is 16.0. The molecule has 0 fully saturated rings. The Morgan fingerprint density at radius 1 is 1.33 bits per heavy atom. The first-order chi connectivity index (χ1) is 9.79. The summed E-state index contributed by atoms with van der Waals surface area (Å²) in [6, 6.07) is 4.90. The van der Waals surface area contributed by atoms with Crippen molar-refractivity contribution >= 4 is 17.8 Å². The molecule has 0 saturated heterocycles. The first kappa shape index (κ1) is 16.4. The van der Waals surface area contributed by atoms with Gasteiger partial charge in [0.2, 0.25) is 0 Å². The maximum Gasteiger partial charge on any atom is 0.326 e. The maximum absolute atomic E-state index is 12.0. The molecule has 1 aromatic carbocycles. The van der Waals surface area contributed by atoms with Crippen LogP contribution in [0.15, 0.2) is 36.4 Å². The molecule has 0 spiro atoms. The van der Waals surface area contributed by atoms with Gasteiger partial charge in [-0.2, -0.15) is 0 Å². The van der Waals surface area contributed by atoms with Gasteiger partial charge in [0, 0.05) is 12.5 Å². The molecule has 1 amide bonds. The molecule has 1 rings (SSSR count). The minimum Gasteiger partial charge on any atom is -0.480 e. The molecule has 21 heavy (non-hydrogen) atoms. The van der Waals surface area contributed by atoms with Gasteiger partial charge in [0.1, 0.15) is 11.8 Å². The number of carboxylic acid groups (broad SMARTS) is 1. The molecule has 0 aliphatic rings. The van der Waals surface area contributed by atoms with Crippen LogP contribution in [-0.4, -0.2) is 29.0 Å². The average molecular weight is 291 g/mol. The van der Waals surface area contributed by atoms with E-state index in [0.717, 1.165) is 0 Å². The van der Waals surface area contributed by atoms with E-state index in [0.29, 0.717) is 5.57 Å². The predicted octanol–water partition coefficient (Wildman–Crippen LogP) is 1.76. The van der Waals surface area contributed by atoms with Gasteiger partial charge in [0.25, 0.3) is 5.91 Å². The summed E-state index contributed by atoms with van der Waals surface area (Å²) in [7, 11) is 0. The number of carbonyl (C=O) groups excluding carboxylic acids is 2. The summed E-state index contributed by atoms with van der Waals surface area (Å²) in [5, 5.41) is 11.5. The highest BCUT2D eigenvalue weighted by atomic mass is 16.5. The third-order valence-electron chi connectivity index (χ3n) is 2.51. The van der Waals surface area contributed by atoms with E-state index in [4.69, 9.17) is 9.84 Å². The molecular weight excluding hydrogens is 274 g/mol. The van der Waals surface area contributed by atoms with Gasteiger partial charge in [0.15, 0.2) is 0 Å². The van der Waals surface area contributed by atoms with Crippen molar-refractivity contribution in [2.24, 2.45) is 0 Å². The lowest BCUT2D eigenvalue weighted by atomic mass is 10.1. The molecule has 0 aromatic heterocycles. The second-order valence-electron chi connectivity index (χ2n) is 4.65. The van der Waals surface area contributed by atoms with Crippen molar-refractivity contribution in [1.82, 2.24) is 5.32 Å². The predicted molar refractivity (Wildman–Crippen MR) is 76.1 cm³/mol. The Hall–Kier alpha value is -2.63. The van der Waals surface area contributed by atoms with E-state index in [9.17, 15) is 14.4 Å². The number of carboxylic acids is 1. The fraction of sp³-hybridized carbons (Fsp3) is 0.267. The van der Waals surface area contributed by atoms with Crippen LogP contribution in [0.25, 0.3) is 0 Å². The molecule has 0 heterocycles. The Kier molecular flexibility index (Phi) is 5.66. The molecule has 112 valence electrons. The summed E-state index contributed by atoms with van der Waals surface area (Å²) in [4.78, 5) is 34.0. The molecule has 0 bridgehead atoms. The van der Waals surface area contributed by atoms with Crippen molar-refractivity contribution in [2.75, 3.05) is 0 Å². The largest absolute Gasteiger partial charge is 0.480 e. The van der Waals surface area contributed by atoms with Gasteiger partial charge in [-0.15, -0.1) is 6.58 Å². The van der Waals surface area contributed by atoms with Crippen molar-refractivity contribution in [3.63, 3.8) is 0 Å². The van der Waals surface area contributed by atoms with Crippen molar-refractivity contribution < 1.29 is 24.2 Å². The highest BCUT2D eigenvalue weighted by Crippen LogP contribution is 2.14. The summed E-state index contributed by atoms with van der Waals surface area (Å²) in [5.41, 5.74) is 0.859. The Morgan fingerprint density at radius 3 is 2.52 bits per heavy atom. The number of amides is 1. The SMILES string of the molecule is C=C(C)C[C@H](NC(=O)c1cccc(OC(C)=O)c1)C(=O)O. The smallest absolute Gasteiger partial charge is 0.326 e. The maximum atomic E-state index is 12.0. The molecule has 1 atom stereocenters. The fourth-order valence-electron chi connectivity index (χ4n) is 1.66. The van der Waals surface area contributed by atoms with E-state index in [-0.39, 0.29) is 17.7 Å². The Morgan fingerprint density at radius 2 is 2.00 bits per heavy atom. The summed E-state index contributed by atoms with van der Waals surface area (Å²) in [6.45, 7) is 6.57. The molecule has 6 nitrogen and oxygen atoms in total. The average Bonchev–Trinajstić information content (AvgIpc) is 2.36. The standard InChI is InChI=1S/C15H17NO5/c1-9(2)7-13(15(19)20)16-14(18)11-5-4-6-12(8-11)21-10(3)17/h4-6,8,13H,1,7H2,2-3H3,(H,16,18)(H,19,20)/t13-/m0/s1. The van der Waals surface area contributed by atoms with Crippen LogP contribution < -0.4 is 10.1 Å². The third kappa shape index (κ3) is 5.48. The molecular formula is C15H17NO5. The van der Waals surface area contributed by atoms with Gasteiger partial charge in [-0.25, -0.2) is 4.79 Å². The number of ether oxygens (including phenoxy) is 1. The van der Waals surface area contributed by atoms with E-state index in [2.05, 4.69) is 11.9 Å². The van der Waals surface area contributed by atoms with Gasteiger partial charge in [0.05, 0.1) is 0 Å². The summed E-state index contributed by atoms with van der Waals surface area (Å²) in [5.74, 6) is -1.97. The van der Waals surface area contributed by atoms with Gasteiger partial charge < -0.3 is 15.2 Å². The molecule has 0 saturated carbocycles. The molecule has 1 aromatic rings. The fourth-order valence-corrected chi connectivity index (χ4v) is 1.66. The second-order valence-corrected chi connectivity index (χ2v) is 4.65. The van der Waals surface area contributed by atoms with E-state index >= 15 is 0 Å². The van der Waals surface area contributed by atoms with Crippen molar-refractivity contribution in [2.45, 2.75) is 26.3 Å². The lowest BCUT2D eigenvalue weighted by molar-refractivity contribution is -0.139. The van der Waals surface area contributed by atoms with Gasteiger partial charge in [-0.1, -0.05) is 11.6 Å². The lowest BCUT2D eigenvalue weighted by Gasteiger charge is -2.14. The highest BCUT2D eigenvalue weighted by molar-refractivity contribution is 5.97. The summed E-state index contributed by atoms with van der Waals surface area (Å²) < 4.78 is 4.87. The van der Waals surface area contributed by atoms with Gasteiger partial charge in [-0.05, 0) is 31.5 Å². The van der Waals surface area contributed by atoms with Crippen LogP contribution in [0.5, 0.6) is 5.75 Å². The summed E-state index contributed by atoms with van der Waals surface area (Å²) >= 11 is 0. The molecule has 2 N–H and O–H groups in total. The quantitative estimate of drug-likeness (QED) is 0.473. The number of esters is 1. The van der Waals surface area contributed by atoms with Crippen molar-refractivity contribution in [3.05, 3.63) is 42.0 Å². The third-order valence-corrected chi connectivity index (χ3v) is 2.51. The second kappa shape index (κ2) is 7.23. The first-order valence-corrected chi connectivity index (χ1v) is 6.26. The normalized spacial score (nSPS) is 11.3.